The first-order chi connectivity index (χ1) is 15.2. The van der Waals surface area contributed by atoms with Crippen molar-refractivity contribution in [3.63, 3.8) is 0 Å². The number of benzene rings is 2. The van der Waals surface area contributed by atoms with E-state index in [0.29, 0.717) is 37.7 Å². The number of fused-ring (bicyclic) bond motifs is 1. The van der Waals surface area contributed by atoms with Crippen LogP contribution >= 0.6 is 0 Å². The summed E-state index contributed by atoms with van der Waals surface area (Å²) in [6, 6.07) is 15.1. The highest BCUT2D eigenvalue weighted by Gasteiger charge is 2.40. The molecule has 8 heteroatoms. The molecule has 1 heterocycles. The largest absolute Gasteiger partial charge is 0.489 e. The Morgan fingerprint density at radius 3 is 2.53 bits per heavy atom. The van der Waals surface area contributed by atoms with Crippen LogP contribution in [-0.2, 0) is 26.1 Å². The van der Waals surface area contributed by atoms with Crippen molar-refractivity contribution in [1.82, 2.24) is 4.31 Å². The lowest BCUT2D eigenvalue weighted by molar-refractivity contribution is 0.0352. The summed E-state index contributed by atoms with van der Waals surface area (Å²) in [4.78, 5) is 0. The average Bonchev–Trinajstić information content (AvgIpc) is 2.74. The summed E-state index contributed by atoms with van der Waals surface area (Å²) in [7, 11) is -1.89. The van der Waals surface area contributed by atoms with Crippen LogP contribution in [0.2, 0.25) is 0 Å². The SMILES string of the molecule is COCCOCCN(C1CC(C)(C)Oc2ccc(OCc3ccccc3)cc21)S(C)(=O)=O. The van der Waals surface area contributed by atoms with Crippen molar-refractivity contribution in [1.29, 1.82) is 0 Å². The Morgan fingerprint density at radius 2 is 1.84 bits per heavy atom. The molecule has 1 atom stereocenters. The number of hydrogen-bond acceptors (Lipinski definition) is 6. The normalized spacial score (nSPS) is 17.6. The quantitative estimate of drug-likeness (QED) is 0.472. The minimum absolute atomic E-state index is 0.248. The third-order valence-corrected chi connectivity index (χ3v) is 6.61. The fourth-order valence-corrected chi connectivity index (χ4v) is 4.89. The van der Waals surface area contributed by atoms with E-state index in [0.717, 1.165) is 11.1 Å². The van der Waals surface area contributed by atoms with E-state index >= 15 is 0 Å². The van der Waals surface area contributed by atoms with Crippen molar-refractivity contribution in [2.45, 2.75) is 38.5 Å². The summed E-state index contributed by atoms with van der Waals surface area (Å²) in [6.07, 6.45) is 1.76. The molecular weight excluding hydrogens is 430 g/mol. The Hall–Kier alpha value is -2.13. The Bertz CT molecular complexity index is 977. The molecule has 0 spiro atoms. The van der Waals surface area contributed by atoms with Crippen LogP contribution in [0.25, 0.3) is 0 Å². The van der Waals surface area contributed by atoms with Gasteiger partial charge in [-0.25, -0.2) is 8.42 Å². The summed E-state index contributed by atoms with van der Waals surface area (Å²) in [5, 5.41) is 0. The minimum Gasteiger partial charge on any atom is -0.489 e. The molecule has 0 fully saturated rings. The van der Waals surface area contributed by atoms with E-state index in [9.17, 15) is 8.42 Å². The number of rotatable bonds is 11. The number of hydrogen-bond donors (Lipinski definition) is 0. The summed E-state index contributed by atoms with van der Waals surface area (Å²) >= 11 is 0. The van der Waals surface area contributed by atoms with E-state index in [1.165, 1.54) is 10.6 Å². The van der Waals surface area contributed by atoms with Gasteiger partial charge in [0.2, 0.25) is 10.0 Å². The molecule has 0 saturated carbocycles. The van der Waals surface area contributed by atoms with E-state index in [4.69, 9.17) is 18.9 Å². The van der Waals surface area contributed by atoms with Gasteiger partial charge >= 0.3 is 0 Å². The van der Waals surface area contributed by atoms with Gasteiger partial charge in [0, 0.05) is 25.6 Å². The van der Waals surface area contributed by atoms with Gasteiger partial charge in [-0.15, -0.1) is 0 Å². The van der Waals surface area contributed by atoms with Gasteiger partial charge in [-0.05, 0) is 37.6 Å². The molecular formula is C24H33NO6S. The van der Waals surface area contributed by atoms with Crippen molar-refractivity contribution < 1.29 is 27.4 Å². The zero-order chi connectivity index (χ0) is 23.2. The van der Waals surface area contributed by atoms with Crippen LogP contribution < -0.4 is 9.47 Å². The molecule has 0 amide bonds. The zero-order valence-corrected chi connectivity index (χ0v) is 20.1. The third-order valence-electron chi connectivity index (χ3n) is 5.32. The second kappa shape index (κ2) is 10.7. The lowest BCUT2D eigenvalue weighted by atomic mass is 9.89. The van der Waals surface area contributed by atoms with Crippen molar-refractivity contribution in [3.05, 3.63) is 59.7 Å². The Kier molecular flexibility index (Phi) is 8.16. The fourth-order valence-electron chi connectivity index (χ4n) is 3.83. The van der Waals surface area contributed by atoms with Gasteiger partial charge in [-0.3, -0.25) is 0 Å². The molecule has 0 N–H and O–H groups in total. The van der Waals surface area contributed by atoms with Gasteiger partial charge in [0.05, 0.1) is 32.1 Å². The van der Waals surface area contributed by atoms with Crippen molar-refractivity contribution >= 4 is 10.0 Å². The maximum atomic E-state index is 12.7. The molecule has 0 aromatic heterocycles. The molecule has 2 aromatic carbocycles. The minimum atomic E-state index is -3.49. The predicted octanol–water partition coefficient (Wildman–Crippen LogP) is 3.79. The van der Waals surface area contributed by atoms with Crippen molar-refractivity contribution in [2.75, 3.05) is 39.7 Å². The Labute approximate surface area is 191 Å². The lowest BCUT2D eigenvalue weighted by Gasteiger charge is -2.41. The molecule has 32 heavy (non-hydrogen) atoms. The number of ether oxygens (including phenoxy) is 4. The van der Waals surface area contributed by atoms with Crippen LogP contribution in [0.3, 0.4) is 0 Å². The summed E-state index contributed by atoms with van der Waals surface area (Å²) in [5.74, 6) is 1.35. The number of sulfonamides is 1. The van der Waals surface area contributed by atoms with Crippen LogP contribution in [0.15, 0.2) is 48.5 Å². The molecule has 7 nitrogen and oxygen atoms in total. The second-order valence-corrected chi connectivity index (χ2v) is 10.5. The van der Waals surface area contributed by atoms with E-state index < -0.39 is 15.6 Å². The molecule has 176 valence electrons. The van der Waals surface area contributed by atoms with Crippen LogP contribution in [-0.4, -0.2) is 58.1 Å². The number of methoxy groups -OCH3 is 1. The third kappa shape index (κ3) is 6.68. The maximum Gasteiger partial charge on any atom is 0.211 e. The van der Waals surface area contributed by atoms with Crippen LogP contribution in [0.4, 0.5) is 0 Å². The van der Waals surface area contributed by atoms with Gasteiger partial charge in [0.25, 0.3) is 0 Å². The van der Waals surface area contributed by atoms with E-state index in [1.54, 1.807) is 7.11 Å². The van der Waals surface area contributed by atoms with E-state index in [-0.39, 0.29) is 19.2 Å². The smallest absolute Gasteiger partial charge is 0.211 e. The van der Waals surface area contributed by atoms with E-state index in [2.05, 4.69) is 0 Å². The monoisotopic (exact) mass is 463 g/mol. The lowest BCUT2D eigenvalue weighted by Crippen LogP contribution is -2.44. The first kappa shape index (κ1) is 24.5. The summed E-state index contributed by atoms with van der Waals surface area (Å²) < 4.78 is 49.7. The molecule has 1 unspecified atom stereocenters. The van der Waals surface area contributed by atoms with Gasteiger partial charge < -0.3 is 18.9 Å². The molecule has 0 radical (unpaired) electrons. The topological polar surface area (TPSA) is 74.3 Å². The van der Waals surface area contributed by atoms with Gasteiger partial charge in [0.15, 0.2) is 0 Å². The van der Waals surface area contributed by atoms with Gasteiger partial charge in [-0.2, -0.15) is 4.31 Å². The van der Waals surface area contributed by atoms with Crippen LogP contribution in [0.5, 0.6) is 11.5 Å². The molecule has 0 aliphatic carbocycles. The van der Waals surface area contributed by atoms with E-state index in [1.807, 2.05) is 62.4 Å². The van der Waals surface area contributed by atoms with Gasteiger partial charge in [0.1, 0.15) is 23.7 Å². The van der Waals surface area contributed by atoms with Crippen molar-refractivity contribution in [3.8, 4) is 11.5 Å². The van der Waals surface area contributed by atoms with Crippen molar-refractivity contribution in [2.24, 2.45) is 0 Å². The van der Waals surface area contributed by atoms with Crippen LogP contribution in [0.1, 0.15) is 37.4 Å². The maximum absolute atomic E-state index is 12.7. The molecule has 1 aliphatic heterocycles. The Morgan fingerprint density at radius 1 is 1.09 bits per heavy atom. The molecule has 0 saturated heterocycles. The first-order valence-corrected chi connectivity index (χ1v) is 12.6. The standard InChI is InChI=1S/C24H33NO6S/c1-24(2)17-22(25(32(4,26)27)12-13-29-15-14-28-3)21-16-20(10-11-23(21)31-24)30-18-19-8-6-5-7-9-19/h5-11,16,22H,12-15,17-18H2,1-4H3. The first-order valence-electron chi connectivity index (χ1n) is 10.7. The highest BCUT2D eigenvalue weighted by molar-refractivity contribution is 7.88. The summed E-state index contributed by atoms with van der Waals surface area (Å²) in [6.45, 7) is 5.79. The molecule has 0 bridgehead atoms. The zero-order valence-electron chi connectivity index (χ0n) is 19.2. The molecule has 2 aromatic rings. The average molecular weight is 464 g/mol. The predicted molar refractivity (Wildman–Crippen MR) is 124 cm³/mol. The second-order valence-electron chi connectivity index (χ2n) is 8.53. The Balaban J connectivity index is 1.84. The summed E-state index contributed by atoms with van der Waals surface area (Å²) in [5.41, 5.74) is 1.35. The number of nitrogens with zero attached hydrogens (tertiary/aromatic N) is 1. The highest BCUT2D eigenvalue weighted by atomic mass is 32.2. The molecule has 1 aliphatic rings. The van der Waals surface area contributed by atoms with Gasteiger partial charge in [-0.1, -0.05) is 30.3 Å². The highest BCUT2D eigenvalue weighted by Crippen LogP contribution is 2.44. The fraction of sp³-hybridized carbons (Fsp3) is 0.500. The van der Waals surface area contributed by atoms with Crippen LogP contribution in [0, 0.1) is 0 Å². The molecule has 3 rings (SSSR count).